The van der Waals surface area contributed by atoms with Crippen LogP contribution >= 0.6 is 0 Å². The lowest BCUT2D eigenvalue weighted by Gasteiger charge is -2.25. The highest BCUT2D eigenvalue weighted by molar-refractivity contribution is 6.08. The van der Waals surface area contributed by atoms with Crippen molar-refractivity contribution in [1.29, 1.82) is 0 Å². The third-order valence-electron chi connectivity index (χ3n) is 4.35. The fourth-order valence-electron chi connectivity index (χ4n) is 3.35. The summed E-state index contributed by atoms with van der Waals surface area (Å²) < 4.78 is 0. The molecule has 0 saturated heterocycles. The highest BCUT2D eigenvalue weighted by Gasteiger charge is 2.17. The Bertz CT molecular complexity index is 1050. The molecule has 0 unspecified atom stereocenters. The summed E-state index contributed by atoms with van der Waals surface area (Å²) in [5.74, 6) is 0. The first-order chi connectivity index (χ1) is 12.0. The summed E-state index contributed by atoms with van der Waals surface area (Å²) in [4.78, 5) is 4.78. The Morgan fingerprint density at radius 3 is 2.08 bits per heavy atom. The molecule has 3 aromatic carbocycles. The minimum Gasteiger partial charge on any atom is -0.380 e. The van der Waals surface area contributed by atoms with Gasteiger partial charge in [-0.1, -0.05) is 54.6 Å². The van der Waals surface area contributed by atoms with Crippen molar-refractivity contribution < 1.29 is 0 Å². The van der Waals surface area contributed by atoms with Crippen molar-refractivity contribution in [2.75, 3.05) is 5.32 Å². The molecule has 0 aliphatic heterocycles. The molecule has 0 fully saturated rings. The first-order valence-corrected chi connectivity index (χ1v) is 8.67. The second kappa shape index (κ2) is 5.89. The summed E-state index contributed by atoms with van der Waals surface area (Å²) in [5.41, 5.74) is 3.29. The van der Waals surface area contributed by atoms with Crippen molar-refractivity contribution in [3.8, 4) is 11.3 Å². The van der Waals surface area contributed by atoms with Gasteiger partial charge in [-0.2, -0.15) is 0 Å². The van der Waals surface area contributed by atoms with Gasteiger partial charge in [-0.25, -0.2) is 0 Å². The first-order valence-electron chi connectivity index (χ1n) is 8.67. The lowest BCUT2D eigenvalue weighted by Crippen LogP contribution is -2.26. The van der Waals surface area contributed by atoms with Gasteiger partial charge in [0.05, 0.1) is 5.69 Å². The molecule has 2 heteroatoms. The van der Waals surface area contributed by atoms with E-state index in [4.69, 9.17) is 4.98 Å². The number of aromatic nitrogens is 1. The molecule has 2 nitrogen and oxygen atoms in total. The maximum Gasteiger partial charge on any atom is 0.0807 e. The Labute approximate surface area is 148 Å². The van der Waals surface area contributed by atoms with Crippen LogP contribution in [0.15, 0.2) is 72.9 Å². The standard InChI is InChI=1S/C23H22N2/c1-23(2,3)25-20-13-12-16-8-4-6-10-18(16)21(20)22-19-11-7-5-9-17(19)14-15-24-22/h4-15,25H,1-3H3. The molecule has 0 bridgehead atoms. The molecule has 4 aromatic rings. The molecule has 0 aliphatic rings. The summed E-state index contributed by atoms with van der Waals surface area (Å²) in [6.45, 7) is 6.55. The van der Waals surface area contributed by atoms with Gasteiger partial charge in [0.15, 0.2) is 0 Å². The van der Waals surface area contributed by atoms with Gasteiger partial charge < -0.3 is 5.32 Å². The van der Waals surface area contributed by atoms with Crippen molar-refractivity contribution in [2.24, 2.45) is 0 Å². The number of hydrogen-bond acceptors (Lipinski definition) is 2. The number of pyridine rings is 1. The van der Waals surface area contributed by atoms with Gasteiger partial charge in [-0.05, 0) is 49.1 Å². The van der Waals surface area contributed by atoms with E-state index < -0.39 is 0 Å². The highest BCUT2D eigenvalue weighted by atomic mass is 15.0. The molecule has 4 rings (SSSR count). The molecule has 1 N–H and O–H groups in total. The average Bonchev–Trinajstić information content (AvgIpc) is 2.60. The Morgan fingerprint density at radius 2 is 1.36 bits per heavy atom. The van der Waals surface area contributed by atoms with Crippen LogP contribution in [-0.2, 0) is 0 Å². The lowest BCUT2D eigenvalue weighted by molar-refractivity contribution is 0.634. The highest BCUT2D eigenvalue weighted by Crippen LogP contribution is 2.38. The van der Waals surface area contributed by atoms with Crippen LogP contribution in [0, 0.1) is 0 Å². The SMILES string of the molecule is CC(C)(C)Nc1ccc2ccccc2c1-c1nccc2ccccc12. The molecule has 0 atom stereocenters. The molecular weight excluding hydrogens is 304 g/mol. The predicted molar refractivity (Wildman–Crippen MR) is 108 cm³/mol. The quantitative estimate of drug-likeness (QED) is 0.470. The fraction of sp³-hybridized carbons (Fsp3) is 0.174. The molecule has 1 heterocycles. The van der Waals surface area contributed by atoms with E-state index in [-0.39, 0.29) is 5.54 Å². The summed E-state index contributed by atoms with van der Waals surface area (Å²) in [6.07, 6.45) is 1.90. The molecule has 1 aromatic heterocycles. The maximum absolute atomic E-state index is 4.78. The second-order valence-electron chi connectivity index (χ2n) is 7.46. The normalized spacial score (nSPS) is 11.8. The van der Waals surface area contributed by atoms with Crippen molar-refractivity contribution in [3.63, 3.8) is 0 Å². The van der Waals surface area contributed by atoms with Crippen molar-refractivity contribution >= 4 is 27.2 Å². The number of nitrogens with zero attached hydrogens (tertiary/aromatic N) is 1. The van der Waals surface area contributed by atoms with Crippen LogP contribution < -0.4 is 5.32 Å². The third-order valence-corrected chi connectivity index (χ3v) is 4.35. The number of anilines is 1. The van der Waals surface area contributed by atoms with Gasteiger partial charge in [-0.15, -0.1) is 0 Å². The summed E-state index contributed by atoms with van der Waals surface area (Å²) in [7, 11) is 0. The van der Waals surface area contributed by atoms with E-state index >= 15 is 0 Å². The van der Waals surface area contributed by atoms with Gasteiger partial charge in [0.2, 0.25) is 0 Å². The van der Waals surface area contributed by atoms with Gasteiger partial charge in [0.1, 0.15) is 0 Å². The van der Waals surface area contributed by atoms with E-state index in [1.54, 1.807) is 0 Å². The molecule has 0 amide bonds. The van der Waals surface area contributed by atoms with Crippen molar-refractivity contribution in [3.05, 3.63) is 72.9 Å². The van der Waals surface area contributed by atoms with Crippen LogP contribution in [0.1, 0.15) is 20.8 Å². The Hall–Kier alpha value is -2.87. The summed E-state index contributed by atoms with van der Waals surface area (Å²) in [5, 5.41) is 8.51. The van der Waals surface area contributed by atoms with E-state index in [0.717, 1.165) is 11.4 Å². The zero-order chi connectivity index (χ0) is 17.4. The second-order valence-corrected chi connectivity index (χ2v) is 7.46. The largest absolute Gasteiger partial charge is 0.380 e. The van der Waals surface area contributed by atoms with E-state index in [0.29, 0.717) is 0 Å². The zero-order valence-corrected chi connectivity index (χ0v) is 14.9. The molecule has 0 radical (unpaired) electrons. The Kier molecular flexibility index (Phi) is 3.69. The van der Waals surface area contributed by atoms with Crippen LogP contribution in [0.5, 0.6) is 0 Å². The Morgan fingerprint density at radius 1 is 0.720 bits per heavy atom. The van der Waals surface area contributed by atoms with Gasteiger partial charge >= 0.3 is 0 Å². The van der Waals surface area contributed by atoms with Crippen LogP contribution in [0.2, 0.25) is 0 Å². The van der Waals surface area contributed by atoms with Crippen LogP contribution in [0.25, 0.3) is 32.8 Å². The zero-order valence-electron chi connectivity index (χ0n) is 14.9. The Balaban J connectivity index is 2.09. The number of rotatable bonds is 2. The third kappa shape index (κ3) is 2.96. The molecule has 0 saturated carbocycles. The van der Waals surface area contributed by atoms with Gasteiger partial charge in [-0.3, -0.25) is 4.98 Å². The first kappa shape index (κ1) is 15.6. The van der Waals surface area contributed by atoms with Gasteiger partial charge in [0.25, 0.3) is 0 Å². The predicted octanol–water partition coefficient (Wildman–Crippen LogP) is 6.27. The molecular formula is C23H22N2. The fourth-order valence-corrected chi connectivity index (χ4v) is 3.35. The van der Waals surface area contributed by atoms with E-state index in [2.05, 4.69) is 92.8 Å². The maximum atomic E-state index is 4.78. The number of benzene rings is 3. The van der Waals surface area contributed by atoms with E-state index in [1.165, 1.54) is 27.1 Å². The number of hydrogen-bond donors (Lipinski definition) is 1. The minimum atomic E-state index is -0.0260. The summed E-state index contributed by atoms with van der Waals surface area (Å²) in [6, 6.07) is 23.4. The monoisotopic (exact) mass is 326 g/mol. The average molecular weight is 326 g/mol. The smallest absolute Gasteiger partial charge is 0.0807 e. The molecule has 25 heavy (non-hydrogen) atoms. The minimum absolute atomic E-state index is 0.0260. The molecule has 124 valence electrons. The lowest BCUT2D eigenvalue weighted by atomic mass is 9.95. The summed E-state index contributed by atoms with van der Waals surface area (Å²) >= 11 is 0. The van der Waals surface area contributed by atoms with Crippen LogP contribution in [-0.4, -0.2) is 10.5 Å². The molecule has 0 aliphatic carbocycles. The van der Waals surface area contributed by atoms with Crippen LogP contribution in [0.4, 0.5) is 5.69 Å². The van der Waals surface area contributed by atoms with E-state index in [1.807, 2.05) is 6.20 Å². The van der Waals surface area contributed by atoms with Crippen molar-refractivity contribution in [1.82, 2.24) is 4.98 Å². The number of nitrogens with one attached hydrogen (secondary N) is 1. The molecule has 0 spiro atoms. The van der Waals surface area contributed by atoms with Gasteiger partial charge in [0, 0.05) is 28.4 Å². The topological polar surface area (TPSA) is 24.9 Å². The number of fused-ring (bicyclic) bond motifs is 2. The van der Waals surface area contributed by atoms with Crippen molar-refractivity contribution in [2.45, 2.75) is 26.3 Å². The van der Waals surface area contributed by atoms with E-state index in [9.17, 15) is 0 Å². The van der Waals surface area contributed by atoms with Crippen LogP contribution in [0.3, 0.4) is 0 Å².